The van der Waals surface area contributed by atoms with E-state index in [4.69, 9.17) is 5.11 Å². The van der Waals surface area contributed by atoms with Crippen molar-refractivity contribution in [3.8, 4) is 11.1 Å². The summed E-state index contributed by atoms with van der Waals surface area (Å²) in [5.41, 5.74) is 4.08. The molecule has 0 aromatic heterocycles. The van der Waals surface area contributed by atoms with Gasteiger partial charge in [0.05, 0.1) is 0 Å². The maximum Gasteiger partial charge on any atom is 0.188 e. The average Bonchev–Trinajstić information content (AvgIpc) is 2.46. The van der Waals surface area contributed by atoms with Crippen molar-refractivity contribution in [3.05, 3.63) is 59.7 Å². The number of hydrogen-bond donors (Lipinski definition) is 1. The molecule has 1 N–H and O–H groups in total. The van der Waals surface area contributed by atoms with E-state index in [1.807, 2.05) is 18.2 Å². The fourth-order valence-corrected chi connectivity index (χ4v) is 1.91. The van der Waals surface area contributed by atoms with Crippen LogP contribution in [0.2, 0.25) is 0 Å². The van der Waals surface area contributed by atoms with Crippen LogP contribution in [-0.4, -0.2) is 17.5 Å². The van der Waals surface area contributed by atoms with Gasteiger partial charge in [0.25, 0.3) is 0 Å². The molecule has 0 atom stereocenters. The van der Waals surface area contributed by atoms with Gasteiger partial charge in [-0.1, -0.05) is 55.5 Å². The molecule has 0 aliphatic carbocycles. The van der Waals surface area contributed by atoms with Crippen LogP contribution in [-0.2, 0) is 6.42 Å². The number of benzene rings is 2. The number of hydrogen-bond acceptors (Lipinski definition) is 2. The molecule has 0 spiro atoms. The van der Waals surface area contributed by atoms with Crippen molar-refractivity contribution in [1.29, 1.82) is 0 Å². The Kier molecular flexibility index (Phi) is 3.90. The quantitative estimate of drug-likeness (QED) is 0.834. The number of aliphatic hydroxyl groups excluding tert-OH is 1. The Bertz CT molecular complexity index is 541. The Labute approximate surface area is 107 Å². The second-order valence-electron chi connectivity index (χ2n) is 4.21. The van der Waals surface area contributed by atoms with Gasteiger partial charge in [-0.15, -0.1) is 0 Å². The molecule has 0 unspecified atom stereocenters. The Balaban J connectivity index is 2.31. The van der Waals surface area contributed by atoms with Crippen molar-refractivity contribution in [2.24, 2.45) is 0 Å². The van der Waals surface area contributed by atoms with Gasteiger partial charge in [-0.2, -0.15) is 0 Å². The van der Waals surface area contributed by atoms with Gasteiger partial charge in [-0.25, -0.2) is 0 Å². The molecule has 0 bridgehead atoms. The highest BCUT2D eigenvalue weighted by molar-refractivity contribution is 5.97. The summed E-state index contributed by atoms with van der Waals surface area (Å²) in [6, 6.07) is 15.7. The fourth-order valence-electron chi connectivity index (χ4n) is 1.91. The largest absolute Gasteiger partial charge is 0.388 e. The molecule has 2 heteroatoms. The van der Waals surface area contributed by atoms with Gasteiger partial charge in [-0.3, -0.25) is 4.79 Å². The first kappa shape index (κ1) is 12.5. The zero-order valence-electron chi connectivity index (χ0n) is 10.4. The molecule has 2 rings (SSSR count). The van der Waals surface area contributed by atoms with Crippen molar-refractivity contribution in [2.75, 3.05) is 6.61 Å². The molecule has 2 nitrogen and oxygen atoms in total. The molecule has 2 aromatic rings. The zero-order valence-corrected chi connectivity index (χ0v) is 10.4. The van der Waals surface area contributed by atoms with Crippen LogP contribution >= 0.6 is 0 Å². The van der Waals surface area contributed by atoms with E-state index in [0.29, 0.717) is 5.56 Å². The second kappa shape index (κ2) is 5.61. The van der Waals surface area contributed by atoms with Crippen LogP contribution in [0, 0.1) is 0 Å². The third-order valence-corrected chi connectivity index (χ3v) is 3.02. The Morgan fingerprint density at radius 3 is 2.39 bits per heavy atom. The summed E-state index contributed by atoms with van der Waals surface area (Å²) >= 11 is 0. The van der Waals surface area contributed by atoms with E-state index in [1.165, 1.54) is 5.56 Å². The normalized spacial score (nSPS) is 10.3. The van der Waals surface area contributed by atoms with Crippen molar-refractivity contribution in [2.45, 2.75) is 13.3 Å². The van der Waals surface area contributed by atoms with Crippen LogP contribution in [0.25, 0.3) is 11.1 Å². The summed E-state index contributed by atoms with van der Waals surface area (Å²) in [6.45, 7) is 1.69. The maximum atomic E-state index is 11.3. The third kappa shape index (κ3) is 2.66. The highest BCUT2D eigenvalue weighted by atomic mass is 16.3. The molecular formula is C16H16O2. The molecule has 18 heavy (non-hydrogen) atoms. The SMILES string of the molecule is CCc1cccc(-c2ccc(C(=O)CO)cc2)c1. The van der Waals surface area contributed by atoms with Gasteiger partial charge >= 0.3 is 0 Å². The number of rotatable bonds is 4. The zero-order chi connectivity index (χ0) is 13.0. The molecule has 0 aliphatic heterocycles. The molecule has 0 saturated carbocycles. The van der Waals surface area contributed by atoms with Crippen molar-refractivity contribution in [3.63, 3.8) is 0 Å². The van der Waals surface area contributed by atoms with E-state index >= 15 is 0 Å². The van der Waals surface area contributed by atoms with E-state index in [2.05, 4.69) is 25.1 Å². The summed E-state index contributed by atoms with van der Waals surface area (Å²) in [4.78, 5) is 11.3. The monoisotopic (exact) mass is 240 g/mol. The lowest BCUT2D eigenvalue weighted by Crippen LogP contribution is -2.03. The molecule has 0 radical (unpaired) electrons. The molecule has 92 valence electrons. The lowest BCUT2D eigenvalue weighted by molar-refractivity contribution is 0.0904. The predicted molar refractivity (Wildman–Crippen MR) is 72.7 cm³/mol. The van der Waals surface area contributed by atoms with Crippen LogP contribution < -0.4 is 0 Å². The van der Waals surface area contributed by atoms with Crippen LogP contribution in [0.1, 0.15) is 22.8 Å². The minimum absolute atomic E-state index is 0.246. The van der Waals surface area contributed by atoms with Crippen molar-refractivity contribution < 1.29 is 9.90 Å². The molecule has 0 amide bonds. The molecule has 0 heterocycles. The van der Waals surface area contributed by atoms with Gasteiger partial charge in [0, 0.05) is 5.56 Å². The molecule has 0 saturated heterocycles. The lowest BCUT2D eigenvalue weighted by Gasteiger charge is -2.05. The topological polar surface area (TPSA) is 37.3 Å². The molecule has 2 aromatic carbocycles. The Morgan fingerprint density at radius 2 is 1.78 bits per heavy atom. The van der Waals surface area contributed by atoms with Gasteiger partial charge in [0.2, 0.25) is 0 Å². The van der Waals surface area contributed by atoms with E-state index in [-0.39, 0.29) is 5.78 Å². The number of ketones is 1. The van der Waals surface area contributed by atoms with Crippen molar-refractivity contribution in [1.82, 2.24) is 0 Å². The third-order valence-electron chi connectivity index (χ3n) is 3.02. The summed E-state index contributed by atoms with van der Waals surface area (Å²) in [7, 11) is 0. The first-order valence-corrected chi connectivity index (χ1v) is 6.08. The Morgan fingerprint density at radius 1 is 1.06 bits per heavy atom. The number of aliphatic hydroxyl groups is 1. The molecule has 0 fully saturated rings. The van der Waals surface area contributed by atoms with E-state index in [0.717, 1.165) is 17.5 Å². The Hall–Kier alpha value is -1.93. The maximum absolute atomic E-state index is 11.3. The standard InChI is InChI=1S/C16H16O2/c1-2-12-4-3-5-15(10-12)13-6-8-14(9-7-13)16(18)11-17/h3-10,17H,2,11H2,1H3. The van der Waals surface area contributed by atoms with Crippen molar-refractivity contribution >= 4 is 5.78 Å². The van der Waals surface area contributed by atoms with Gasteiger partial charge in [0.15, 0.2) is 5.78 Å². The smallest absolute Gasteiger partial charge is 0.188 e. The summed E-state index contributed by atoms with van der Waals surface area (Å²) < 4.78 is 0. The number of carbonyl (C=O) groups excluding carboxylic acids is 1. The van der Waals surface area contributed by atoms with Crippen LogP contribution in [0.3, 0.4) is 0 Å². The molecular weight excluding hydrogens is 224 g/mol. The van der Waals surface area contributed by atoms with Gasteiger partial charge < -0.3 is 5.11 Å². The summed E-state index contributed by atoms with van der Waals surface area (Å²) in [5, 5.41) is 8.79. The number of aryl methyl sites for hydroxylation is 1. The highest BCUT2D eigenvalue weighted by Crippen LogP contribution is 2.21. The van der Waals surface area contributed by atoms with E-state index < -0.39 is 6.61 Å². The van der Waals surface area contributed by atoms with Crippen LogP contribution in [0.4, 0.5) is 0 Å². The van der Waals surface area contributed by atoms with Crippen LogP contribution in [0.5, 0.6) is 0 Å². The van der Waals surface area contributed by atoms with Gasteiger partial charge in [0.1, 0.15) is 6.61 Å². The van der Waals surface area contributed by atoms with Gasteiger partial charge in [-0.05, 0) is 23.1 Å². The van der Waals surface area contributed by atoms with E-state index in [9.17, 15) is 4.79 Å². The first-order valence-electron chi connectivity index (χ1n) is 6.08. The second-order valence-corrected chi connectivity index (χ2v) is 4.21. The number of carbonyl (C=O) groups is 1. The molecule has 0 aliphatic rings. The highest BCUT2D eigenvalue weighted by Gasteiger charge is 2.04. The summed E-state index contributed by atoms with van der Waals surface area (Å²) in [6.07, 6.45) is 1.01. The predicted octanol–water partition coefficient (Wildman–Crippen LogP) is 3.09. The first-order chi connectivity index (χ1) is 8.74. The minimum Gasteiger partial charge on any atom is -0.388 e. The van der Waals surface area contributed by atoms with E-state index in [1.54, 1.807) is 12.1 Å². The fraction of sp³-hybridized carbons (Fsp3) is 0.188. The number of Topliss-reactive ketones (excluding diaryl/α,β-unsaturated/α-hetero) is 1. The summed E-state index contributed by atoms with van der Waals surface area (Å²) in [5.74, 6) is -0.246. The lowest BCUT2D eigenvalue weighted by atomic mass is 10.00. The average molecular weight is 240 g/mol. The minimum atomic E-state index is -0.440. The van der Waals surface area contributed by atoms with Crippen LogP contribution in [0.15, 0.2) is 48.5 Å².